The summed E-state index contributed by atoms with van der Waals surface area (Å²) >= 11 is 0. The third kappa shape index (κ3) is 2.28. The number of para-hydroxylation sites is 1. The second-order valence-corrected chi connectivity index (χ2v) is 3.34. The number of rotatable bonds is 3. The van der Waals surface area contributed by atoms with Crippen molar-refractivity contribution in [2.45, 2.75) is 6.92 Å². The summed E-state index contributed by atoms with van der Waals surface area (Å²) in [5.74, 6) is -0.342. The molecule has 1 aromatic heterocycles. The van der Waals surface area contributed by atoms with Crippen molar-refractivity contribution in [3.05, 3.63) is 46.8 Å². The highest BCUT2D eigenvalue weighted by Gasteiger charge is 2.10. The van der Waals surface area contributed by atoms with Crippen molar-refractivity contribution in [3.8, 4) is 17.6 Å². The lowest BCUT2D eigenvalue weighted by molar-refractivity contribution is 0.294. The number of aromatic hydroxyl groups is 1. The Balaban J connectivity index is 2.63. The molecule has 0 amide bonds. The molecule has 0 radical (unpaired) electrons. The first-order valence-electron chi connectivity index (χ1n) is 5.23. The lowest BCUT2D eigenvalue weighted by Crippen LogP contribution is -2.20. The summed E-state index contributed by atoms with van der Waals surface area (Å²) < 4.78 is 6.55. The number of nitrogens with zero attached hydrogens (tertiary/aromatic N) is 2. The molecule has 0 aliphatic carbocycles. The first kappa shape index (κ1) is 11.2. The van der Waals surface area contributed by atoms with E-state index < -0.39 is 0 Å². The Bertz CT molecular complexity index is 564. The van der Waals surface area contributed by atoms with Crippen LogP contribution in [0.3, 0.4) is 0 Å². The average molecular weight is 232 g/mol. The summed E-state index contributed by atoms with van der Waals surface area (Å²) in [6.07, 6.45) is 0. The van der Waals surface area contributed by atoms with Gasteiger partial charge >= 0.3 is 6.01 Å². The molecular weight excluding hydrogens is 220 g/mol. The highest BCUT2D eigenvalue weighted by molar-refractivity contribution is 5.35. The monoisotopic (exact) mass is 232 g/mol. The Morgan fingerprint density at radius 3 is 2.71 bits per heavy atom. The number of aromatic nitrogens is 2. The Morgan fingerprint density at radius 1 is 1.35 bits per heavy atom. The van der Waals surface area contributed by atoms with Crippen LogP contribution in [0.15, 0.2) is 41.2 Å². The van der Waals surface area contributed by atoms with Gasteiger partial charge in [0.1, 0.15) is 0 Å². The molecule has 1 aromatic carbocycles. The Kier molecular flexibility index (Phi) is 3.09. The van der Waals surface area contributed by atoms with Gasteiger partial charge in [-0.1, -0.05) is 18.2 Å². The number of ether oxygens (including phenoxy) is 1. The van der Waals surface area contributed by atoms with Crippen LogP contribution in [-0.4, -0.2) is 21.3 Å². The van der Waals surface area contributed by atoms with E-state index in [9.17, 15) is 9.90 Å². The molecule has 0 atom stereocenters. The molecule has 0 aliphatic heterocycles. The van der Waals surface area contributed by atoms with Gasteiger partial charge in [-0.15, -0.1) is 0 Å². The molecular formula is C12H12N2O3. The van der Waals surface area contributed by atoms with Gasteiger partial charge in [0.2, 0.25) is 5.88 Å². The summed E-state index contributed by atoms with van der Waals surface area (Å²) in [6.45, 7) is 2.15. The van der Waals surface area contributed by atoms with Gasteiger partial charge < -0.3 is 9.84 Å². The Labute approximate surface area is 97.9 Å². The van der Waals surface area contributed by atoms with Gasteiger partial charge in [0, 0.05) is 0 Å². The molecule has 0 saturated heterocycles. The maximum Gasteiger partial charge on any atom is 0.307 e. The van der Waals surface area contributed by atoms with E-state index >= 15 is 0 Å². The maximum absolute atomic E-state index is 11.8. The zero-order valence-electron chi connectivity index (χ0n) is 9.33. The molecule has 0 unspecified atom stereocenters. The predicted molar refractivity (Wildman–Crippen MR) is 62.7 cm³/mol. The van der Waals surface area contributed by atoms with Gasteiger partial charge in [0.05, 0.1) is 18.4 Å². The summed E-state index contributed by atoms with van der Waals surface area (Å²) in [5, 5.41) is 9.29. The molecule has 0 fully saturated rings. The van der Waals surface area contributed by atoms with Crippen LogP contribution in [0.5, 0.6) is 11.9 Å². The summed E-state index contributed by atoms with van der Waals surface area (Å²) in [4.78, 5) is 15.6. The predicted octanol–water partition coefficient (Wildman–Crippen LogP) is 1.34. The third-order valence-corrected chi connectivity index (χ3v) is 2.16. The van der Waals surface area contributed by atoms with E-state index in [1.165, 1.54) is 4.57 Å². The minimum Gasteiger partial charge on any atom is -0.493 e. The zero-order valence-corrected chi connectivity index (χ0v) is 9.33. The Hall–Kier alpha value is -2.30. The molecule has 0 bridgehead atoms. The molecule has 2 aromatic rings. The lowest BCUT2D eigenvalue weighted by atomic mass is 10.3. The van der Waals surface area contributed by atoms with Gasteiger partial charge in [-0.2, -0.15) is 4.98 Å². The van der Waals surface area contributed by atoms with E-state index in [1.54, 1.807) is 19.1 Å². The third-order valence-electron chi connectivity index (χ3n) is 2.16. The van der Waals surface area contributed by atoms with Crippen LogP contribution in [0.4, 0.5) is 0 Å². The molecule has 0 aliphatic rings. The van der Waals surface area contributed by atoms with E-state index in [-0.39, 0.29) is 17.4 Å². The maximum atomic E-state index is 11.8. The standard InChI is InChI=1S/C12H12N2O3/c1-2-17-12-13-10(15)8-11(16)14(12)9-6-4-3-5-7-9/h3-8,15H,2H2,1H3. The zero-order chi connectivity index (χ0) is 12.3. The molecule has 2 rings (SSSR count). The van der Waals surface area contributed by atoms with Gasteiger partial charge in [0.25, 0.3) is 5.56 Å². The normalized spacial score (nSPS) is 10.2. The van der Waals surface area contributed by atoms with E-state index in [2.05, 4.69) is 4.98 Å². The quantitative estimate of drug-likeness (QED) is 0.867. The van der Waals surface area contributed by atoms with E-state index in [0.717, 1.165) is 6.07 Å². The van der Waals surface area contributed by atoms with Crippen molar-refractivity contribution in [2.24, 2.45) is 0 Å². The minimum absolute atomic E-state index is 0.0868. The summed E-state index contributed by atoms with van der Waals surface area (Å²) in [7, 11) is 0. The topological polar surface area (TPSA) is 64.3 Å². The van der Waals surface area contributed by atoms with Gasteiger partial charge in [-0.25, -0.2) is 4.57 Å². The first-order valence-corrected chi connectivity index (χ1v) is 5.23. The number of hydrogen-bond donors (Lipinski definition) is 1. The first-order chi connectivity index (χ1) is 8.22. The van der Waals surface area contributed by atoms with Crippen LogP contribution in [0, 0.1) is 0 Å². The van der Waals surface area contributed by atoms with Crippen LogP contribution < -0.4 is 10.3 Å². The summed E-state index contributed by atoms with van der Waals surface area (Å²) in [5.41, 5.74) is 0.264. The average Bonchev–Trinajstić information content (AvgIpc) is 2.30. The molecule has 0 spiro atoms. The van der Waals surface area contributed by atoms with Crippen molar-refractivity contribution in [1.82, 2.24) is 9.55 Å². The lowest BCUT2D eigenvalue weighted by Gasteiger charge is -2.11. The van der Waals surface area contributed by atoms with Crippen molar-refractivity contribution in [1.29, 1.82) is 0 Å². The highest BCUT2D eigenvalue weighted by atomic mass is 16.5. The van der Waals surface area contributed by atoms with Crippen molar-refractivity contribution >= 4 is 0 Å². The second kappa shape index (κ2) is 4.69. The van der Waals surface area contributed by atoms with Crippen molar-refractivity contribution in [3.63, 3.8) is 0 Å². The molecule has 0 saturated carbocycles. The fourth-order valence-electron chi connectivity index (χ4n) is 1.49. The van der Waals surface area contributed by atoms with Gasteiger partial charge in [-0.3, -0.25) is 4.79 Å². The van der Waals surface area contributed by atoms with Crippen LogP contribution in [-0.2, 0) is 0 Å². The molecule has 1 heterocycles. The summed E-state index contributed by atoms with van der Waals surface area (Å²) in [6, 6.07) is 10.1. The fraction of sp³-hybridized carbons (Fsp3) is 0.167. The number of benzene rings is 1. The molecule has 88 valence electrons. The SMILES string of the molecule is CCOc1nc(O)cc(=O)n1-c1ccccc1. The largest absolute Gasteiger partial charge is 0.493 e. The Morgan fingerprint density at radius 2 is 2.06 bits per heavy atom. The van der Waals surface area contributed by atoms with E-state index in [4.69, 9.17) is 4.74 Å². The van der Waals surface area contributed by atoms with Crippen molar-refractivity contribution in [2.75, 3.05) is 6.61 Å². The van der Waals surface area contributed by atoms with Crippen molar-refractivity contribution < 1.29 is 9.84 Å². The highest BCUT2D eigenvalue weighted by Crippen LogP contribution is 2.15. The second-order valence-electron chi connectivity index (χ2n) is 3.34. The van der Waals surface area contributed by atoms with Crippen LogP contribution in [0.25, 0.3) is 5.69 Å². The smallest absolute Gasteiger partial charge is 0.307 e. The van der Waals surface area contributed by atoms with Gasteiger partial charge in [-0.05, 0) is 19.1 Å². The van der Waals surface area contributed by atoms with Crippen LogP contribution in [0.2, 0.25) is 0 Å². The van der Waals surface area contributed by atoms with Crippen LogP contribution >= 0.6 is 0 Å². The minimum atomic E-state index is -0.382. The van der Waals surface area contributed by atoms with Crippen LogP contribution in [0.1, 0.15) is 6.92 Å². The molecule has 1 N–H and O–H groups in total. The van der Waals surface area contributed by atoms with Gasteiger partial charge in [0.15, 0.2) is 0 Å². The molecule has 17 heavy (non-hydrogen) atoms. The molecule has 5 heteroatoms. The number of hydrogen-bond acceptors (Lipinski definition) is 4. The van der Waals surface area contributed by atoms with E-state index in [0.29, 0.717) is 12.3 Å². The molecule has 5 nitrogen and oxygen atoms in total. The van der Waals surface area contributed by atoms with E-state index in [1.807, 2.05) is 18.2 Å². The fourth-order valence-corrected chi connectivity index (χ4v) is 1.49.